The number of alkyl halides is 3. The Morgan fingerprint density at radius 1 is 1.13 bits per heavy atom. The fraction of sp³-hybridized carbons (Fsp3) is 0.273. The van der Waals surface area contributed by atoms with E-state index in [1.165, 1.54) is 24.4 Å². The van der Waals surface area contributed by atoms with Crippen LogP contribution < -0.4 is 0 Å². The topological polar surface area (TPSA) is 60.4 Å². The third kappa shape index (κ3) is 4.21. The second-order valence-electron chi connectivity index (χ2n) is 7.05. The molecule has 0 N–H and O–H groups in total. The summed E-state index contributed by atoms with van der Waals surface area (Å²) in [5.41, 5.74) is -0.0612. The highest BCUT2D eigenvalue weighted by Gasteiger charge is 2.47. The highest BCUT2D eigenvalue weighted by molar-refractivity contribution is 5.79. The molecule has 2 unspecified atom stereocenters. The molecule has 0 spiro atoms. The number of oxime groups is 1. The lowest BCUT2D eigenvalue weighted by molar-refractivity contribution is -0.140. The molecule has 0 aliphatic carbocycles. The number of ether oxygens (including phenoxy) is 2. The number of rotatable bonds is 3. The summed E-state index contributed by atoms with van der Waals surface area (Å²) in [4.78, 5) is 19.0. The Morgan fingerprint density at radius 2 is 1.84 bits per heavy atom. The number of carbonyl (C=O) groups is 1. The van der Waals surface area contributed by atoms with Crippen LogP contribution >= 0.6 is 0 Å². The lowest BCUT2D eigenvalue weighted by atomic mass is 9.90. The van der Waals surface area contributed by atoms with E-state index in [0.717, 1.165) is 23.6 Å². The molecule has 0 radical (unpaired) electrons. The summed E-state index contributed by atoms with van der Waals surface area (Å²) in [6.45, 7) is 0. The van der Waals surface area contributed by atoms with Crippen molar-refractivity contribution >= 4 is 12.0 Å². The maximum absolute atomic E-state index is 13.7. The van der Waals surface area contributed by atoms with E-state index in [1.54, 1.807) is 6.08 Å². The van der Waals surface area contributed by atoms with Crippen molar-refractivity contribution in [3.05, 3.63) is 83.6 Å². The maximum atomic E-state index is 13.7. The van der Waals surface area contributed by atoms with E-state index in [4.69, 9.17) is 14.3 Å². The van der Waals surface area contributed by atoms with Gasteiger partial charge in [-0.15, -0.1) is 0 Å². The number of hydrogen-bond acceptors (Lipinski definition) is 5. The lowest BCUT2D eigenvalue weighted by Gasteiger charge is -2.41. The van der Waals surface area contributed by atoms with Gasteiger partial charge in [-0.3, -0.25) is 4.90 Å². The Kier molecular flexibility index (Phi) is 5.58. The van der Waals surface area contributed by atoms with Gasteiger partial charge in [-0.25, -0.2) is 4.79 Å². The summed E-state index contributed by atoms with van der Waals surface area (Å²) in [6, 6.07) is 13.3. The molecule has 2 aliphatic heterocycles. The normalized spacial score (nSPS) is 22.6. The van der Waals surface area contributed by atoms with Gasteiger partial charge in [0.05, 0.1) is 19.1 Å². The Balaban J connectivity index is 1.69. The minimum absolute atomic E-state index is 0.134. The van der Waals surface area contributed by atoms with E-state index in [9.17, 15) is 18.0 Å². The van der Waals surface area contributed by atoms with Crippen molar-refractivity contribution in [2.45, 2.75) is 30.8 Å². The van der Waals surface area contributed by atoms with Gasteiger partial charge in [0.25, 0.3) is 0 Å². The Labute approximate surface area is 176 Å². The first-order valence-electron chi connectivity index (χ1n) is 9.52. The first kappa shape index (κ1) is 20.8. The van der Waals surface area contributed by atoms with Gasteiger partial charge >= 0.3 is 12.3 Å². The van der Waals surface area contributed by atoms with Crippen molar-refractivity contribution < 1.29 is 32.3 Å². The maximum Gasteiger partial charge on any atom is 0.416 e. The highest BCUT2D eigenvalue weighted by atomic mass is 19.4. The van der Waals surface area contributed by atoms with Crippen LogP contribution in [0.15, 0.2) is 72.0 Å². The molecule has 0 fully saturated rings. The summed E-state index contributed by atoms with van der Waals surface area (Å²) in [5.74, 6) is 0.298. The lowest BCUT2D eigenvalue weighted by Crippen LogP contribution is -2.50. The van der Waals surface area contributed by atoms with Crippen molar-refractivity contribution in [1.29, 1.82) is 0 Å². The standard InChI is InChI=1S/C22H19F3N2O4/c1-29-21(28)27-12-11-17-20(19(27)15-9-5-6-10-16(15)22(23,24)25)31-26-18(30-17)13-14-7-3-2-4-8-14/h2-12,17,19-20H,13H2,1H3/t17?,19-,20?/m0/s1. The van der Waals surface area contributed by atoms with E-state index >= 15 is 0 Å². The molecular weight excluding hydrogens is 413 g/mol. The van der Waals surface area contributed by atoms with E-state index in [-0.39, 0.29) is 5.56 Å². The quantitative estimate of drug-likeness (QED) is 0.707. The molecular formula is C22H19F3N2O4. The minimum Gasteiger partial charge on any atom is -0.467 e. The second-order valence-corrected chi connectivity index (χ2v) is 7.05. The SMILES string of the molecule is COC(=O)N1C=CC2OC(Cc3ccccc3)=NOC2[C@@H]1c1ccccc1C(F)(F)F. The molecule has 0 saturated carbocycles. The zero-order valence-corrected chi connectivity index (χ0v) is 16.5. The van der Waals surface area contributed by atoms with Crippen LogP contribution in [0.3, 0.4) is 0 Å². The first-order chi connectivity index (χ1) is 14.9. The fourth-order valence-electron chi connectivity index (χ4n) is 3.70. The number of fused-ring (bicyclic) bond motifs is 1. The van der Waals surface area contributed by atoms with Crippen LogP contribution in [0.25, 0.3) is 0 Å². The monoisotopic (exact) mass is 432 g/mol. The second kappa shape index (κ2) is 8.33. The van der Waals surface area contributed by atoms with E-state index in [2.05, 4.69) is 5.16 Å². The van der Waals surface area contributed by atoms with Gasteiger partial charge in [0, 0.05) is 6.20 Å². The minimum atomic E-state index is -4.62. The van der Waals surface area contributed by atoms with Gasteiger partial charge in [0.2, 0.25) is 5.90 Å². The van der Waals surface area contributed by atoms with Gasteiger partial charge in [-0.1, -0.05) is 53.7 Å². The highest BCUT2D eigenvalue weighted by Crippen LogP contribution is 2.42. The van der Waals surface area contributed by atoms with E-state index < -0.39 is 36.1 Å². The number of methoxy groups -OCH3 is 1. The van der Waals surface area contributed by atoms with Gasteiger partial charge in [0.1, 0.15) is 6.04 Å². The molecule has 0 saturated heterocycles. The summed E-state index contributed by atoms with van der Waals surface area (Å²) >= 11 is 0. The van der Waals surface area contributed by atoms with Crippen molar-refractivity contribution in [2.75, 3.05) is 7.11 Å². The van der Waals surface area contributed by atoms with Crippen molar-refractivity contribution in [3.63, 3.8) is 0 Å². The molecule has 2 aliphatic rings. The predicted molar refractivity (Wildman–Crippen MR) is 105 cm³/mol. The number of benzene rings is 2. The fourth-order valence-corrected chi connectivity index (χ4v) is 3.70. The van der Waals surface area contributed by atoms with Gasteiger partial charge in [-0.2, -0.15) is 13.2 Å². The van der Waals surface area contributed by atoms with Crippen LogP contribution in [-0.2, 0) is 26.9 Å². The Morgan fingerprint density at radius 3 is 2.55 bits per heavy atom. The molecule has 6 nitrogen and oxygen atoms in total. The van der Waals surface area contributed by atoms with Crippen LogP contribution in [0.4, 0.5) is 18.0 Å². The average Bonchev–Trinajstić information content (AvgIpc) is 2.78. The molecule has 162 valence electrons. The number of carbonyl (C=O) groups excluding carboxylic acids is 1. The molecule has 2 aromatic carbocycles. The number of halogens is 3. The van der Waals surface area contributed by atoms with E-state index in [0.29, 0.717) is 12.3 Å². The Bertz CT molecular complexity index is 1010. The number of nitrogens with zero attached hydrogens (tertiary/aromatic N) is 2. The molecule has 3 atom stereocenters. The van der Waals surface area contributed by atoms with Crippen molar-refractivity contribution in [1.82, 2.24) is 4.90 Å². The van der Waals surface area contributed by atoms with Crippen LogP contribution in [0, 0.1) is 0 Å². The van der Waals surface area contributed by atoms with Gasteiger partial charge in [0.15, 0.2) is 12.2 Å². The third-order valence-electron chi connectivity index (χ3n) is 5.09. The molecule has 4 rings (SSSR count). The average molecular weight is 432 g/mol. The summed E-state index contributed by atoms with van der Waals surface area (Å²) in [5, 5.41) is 4.00. The van der Waals surface area contributed by atoms with Gasteiger partial charge in [-0.05, 0) is 23.3 Å². The van der Waals surface area contributed by atoms with Crippen LogP contribution in [0.2, 0.25) is 0 Å². The van der Waals surface area contributed by atoms with E-state index in [1.807, 2.05) is 30.3 Å². The van der Waals surface area contributed by atoms with Crippen molar-refractivity contribution in [2.24, 2.45) is 5.16 Å². The molecule has 31 heavy (non-hydrogen) atoms. The number of amides is 1. The zero-order chi connectivity index (χ0) is 22.0. The van der Waals surface area contributed by atoms with Crippen LogP contribution in [0.5, 0.6) is 0 Å². The Hall–Kier alpha value is -3.49. The summed E-state index contributed by atoms with van der Waals surface area (Å²) in [7, 11) is 1.16. The van der Waals surface area contributed by atoms with Crippen LogP contribution in [-0.4, -0.2) is 36.2 Å². The van der Waals surface area contributed by atoms with Gasteiger partial charge < -0.3 is 14.3 Å². The molecule has 0 bridgehead atoms. The third-order valence-corrected chi connectivity index (χ3v) is 5.09. The molecule has 1 amide bonds. The molecule has 9 heteroatoms. The summed E-state index contributed by atoms with van der Waals surface area (Å²) in [6.07, 6.45) is -3.89. The smallest absolute Gasteiger partial charge is 0.416 e. The van der Waals surface area contributed by atoms with Crippen LogP contribution in [0.1, 0.15) is 22.7 Å². The molecule has 0 aromatic heterocycles. The molecule has 2 aromatic rings. The largest absolute Gasteiger partial charge is 0.467 e. The van der Waals surface area contributed by atoms with Crippen molar-refractivity contribution in [3.8, 4) is 0 Å². The molecule has 2 heterocycles. The predicted octanol–water partition coefficient (Wildman–Crippen LogP) is 4.68. The zero-order valence-electron chi connectivity index (χ0n) is 16.5. The summed E-state index contributed by atoms with van der Waals surface area (Å²) < 4.78 is 51.7. The first-order valence-corrected chi connectivity index (χ1v) is 9.52. The number of hydrogen-bond donors (Lipinski definition) is 0.